The summed E-state index contributed by atoms with van der Waals surface area (Å²) in [6.07, 6.45) is 0. The summed E-state index contributed by atoms with van der Waals surface area (Å²) in [6, 6.07) is 33.4. The number of hydrogen-bond acceptors (Lipinski definition) is 0. The summed E-state index contributed by atoms with van der Waals surface area (Å²) in [5.74, 6) is 0. The van der Waals surface area contributed by atoms with Crippen molar-refractivity contribution in [2.75, 3.05) is 0 Å². The van der Waals surface area contributed by atoms with Gasteiger partial charge < -0.3 is 4.57 Å². The fourth-order valence-electron chi connectivity index (χ4n) is 4.54. The highest BCUT2D eigenvalue weighted by Crippen LogP contribution is 2.57. The Labute approximate surface area is 158 Å². The van der Waals surface area contributed by atoms with Gasteiger partial charge in [0, 0.05) is 39.1 Å². The standard InChI is InChI=1S/C25H18NP/c1-26-21-13-7-5-12-20(21)24-22(26)16-15-19-18-11-6-8-14-23(18)27(25(19)24)17-9-3-2-4-10-17/h2-16H,1H3. The number of fused-ring (bicyclic) bond motifs is 7. The topological polar surface area (TPSA) is 4.93 Å². The highest BCUT2D eigenvalue weighted by Gasteiger charge is 2.19. The average molecular weight is 363 g/mol. The molecule has 6 aromatic rings. The Kier molecular flexibility index (Phi) is 3.06. The molecule has 1 nitrogen and oxygen atoms in total. The van der Waals surface area contributed by atoms with Crippen molar-refractivity contribution in [2.24, 2.45) is 7.05 Å². The molecule has 128 valence electrons. The Morgan fingerprint density at radius 1 is 0.593 bits per heavy atom. The van der Waals surface area contributed by atoms with Gasteiger partial charge in [0.2, 0.25) is 0 Å². The second-order valence-electron chi connectivity index (χ2n) is 7.12. The summed E-state index contributed by atoms with van der Waals surface area (Å²) < 4.78 is 2.34. The quantitative estimate of drug-likeness (QED) is 0.283. The van der Waals surface area contributed by atoms with E-state index in [2.05, 4.69) is 103 Å². The molecule has 0 aliphatic heterocycles. The minimum absolute atomic E-state index is 0.545. The van der Waals surface area contributed by atoms with Crippen molar-refractivity contribution < 1.29 is 0 Å². The van der Waals surface area contributed by atoms with Crippen LogP contribution in [0.15, 0.2) is 91.0 Å². The fourth-order valence-corrected chi connectivity index (χ4v) is 7.36. The Hall–Kier alpha value is -3.02. The van der Waals surface area contributed by atoms with Gasteiger partial charge in [-0.15, -0.1) is 0 Å². The lowest BCUT2D eigenvalue weighted by atomic mass is 10.1. The van der Waals surface area contributed by atoms with E-state index >= 15 is 0 Å². The Balaban J connectivity index is 1.97. The molecule has 0 N–H and O–H groups in total. The molecule has 0 saturated carbocycles. The van der Waals surface area contributed by atoms with E-state index in [1.807, 2.05) is 0 Å². The van der Waals surface area contributed by atoms with Crippen LogP contribution in [0.3, 0.4) is 0 Å². The Morgan fingerprint density at radius 2 is 1.30 bits per heavy atom. The average Bonchev–Trinajstić information content (AvgIpc) is 3.22. The van der Waals surface area contributed by atoms with Crippen molar-refractivity contribution >= 4 is 50.3 Å². The van der Waals surface area contributed by atoms with Crippen LogP contribution in [0, 0.1) is 0 Å². The summed E-state index contributed by atoms with van der Waals surface area (Å²) in [5, 5.41) is 10.0. The maximum atomic E-state index is 2.34. The van der Waals surface area contributed by atoms with Gasteiger partial charge in [-0.3, -0.25) is 0 Å². The van der Waals surface area contributed by atoms with Crippen LogP contribution >= 0.6 is 7.53 Å². The van der Waals surface area contributed by atoms with Crippen LogP contribution < -0.4 is 0 Å². The van der Waals surface area contributed by atoms with Gasteiger partial charge in [-0.25, -0.2) is 0 Å². The van der Waals surface area contributed by atoms with E-state index in [1.165, 1.54) is 48.1 Å². The monoisotopic (exact) mass is 363 g/mol. The van der Waals surface area contributed by atoms with E-state index in [-0.39, 0.29) is 0 Å². The predicted octanol–water partition coefficient (Wildman–Crippen LogP) is 7.61. The van der Waals surface area contributed by atoms with E-state index in [1.54, 1.807) is 0 Å². The largest absolute Gasteiger partial charge is 0.344 e. The van der Waals surface area contributed by atoms with Crippen LogP contribution in [-0.4, -0.2) is 4.57 Å². The number of aromatic nitrogens is 1. The number of rotatable bonds is 1. The smallest absolute Gasteiger partial charge is 0.0498 e. The molecule has 1 atom stereocenters. The van der Waals surface area contributed by atoms with Gasteiger partial charge in [0.25, 0.3) is 0 Å². The van der Waals surface area contributed by atoms with Gasteiger partial charge >= 0.3 is 0 Å². The molecular weight excluding hydrogens is 345 g/mol. The predicted molar refractivity (Wildman–Crippen MR) is 119 cm³/mol. The lowest BCUT2D eigenvalue weighted by Gasteiger charge is -2.05. The molecule has 0 saturated heterocycles. The van der Waals surface area contributed by atoms with Crippen LogP contribution in [-0.2, 0) is 7.05 Å². The number of benzene rings is 4. The van der Waals surface area contributed by atoms with Crippen molar-refractivity contribution in [3.8, 4) is 5.30 Å². The highest BCUT2D eigenvalue weighted by atomic mass is 31.1. The summed E-state index contributed by atoms with van der Waals surface area (Å²) in [4.78, 5) is 0. The summed E-state index contributed by atoms with van der Waals surface area (Å²) in [7, 11) is 1.64. The van der Waals surface area contributed by atoms with Crippen molar-refractivity contribution in [1.29, 1.82) is 0 Å². The summed E-state index contributed by atoms with van der Waals surface area (Å²) in [6.45, 7) is 0. The molecule has 0 radical (unpaired) electrons. The lowest BCUT2D eigenvalue weighted by molar-refractivity contribution is 1.01. The zero-order valence-corrected chi connectivity index (χ0v) is 15.9. The van der Waals surface area contributed by atoms with Crippen molar-refractivity contribution in [2.45, 2.75) is 0 Å². The fraction of sp³-hybridized carbons (Fsp3) is 0.0400. The van der Waals surface area contributed by atoms with Crippen molar-refractivity contribution in [1.82, 2.24) is 4.57 Å². The maximum absolute atomic E-state index is 2.34. The van der Waals surface area contributed by atoms with Crippen LogP contribution in [0.1, 0.15) is 0 Å². The van der Waals surface area contributed by atoms with Gasteiger partial charge in [0.05, 0.1) is 0 Å². The molecule has 4 aromatic carbocycles. The third kappa shape index (κ3) is 1.95. The van der Waals surface area contributed by atoms with Crippen molar-refractivity contribution in [3.05, 3.63) is 91.0 Å². The molecule has 0 fully saturated rings. The van der Waals surface area contributed by atoms with E-state index in [9.17, 15) is 0 Å². The summed E-state index contributed by atoms with van der Waals surface area (Å²) in [5.41, 5.74) is 2.63. The first-order valence-electron chi connectivity index (χ1n) is 9.29. The van der Waals surface area contributed by atoms with Gasteiger partial charge in [-0.2, -0.15) is 0 Å². The number of para-hydroxylation sites is 1. The molecule has 2 heterocycles. The zero-order valence-electron chi connectivity index (χ0n) is 15.1. The molecule has 0 bridgehead atoms. The second-order valence-corrected chi connectivity index (χ2v) is 9.24. The maximum Gasteiger partial charge on any atom is 0.0498 e. The molecule has 0 aliphatic carbocycles. The summed E-state index contributed by atoms with van der Waals surface area (Å²) >= 11 is 0. The Bertz CT molecular complexity index is 1470. The van der Waals surface area contributed by atoms with E-state index in [0.29, 0.717) is 0 Å². The minimum atomic E-state index is -0.545. The van der Waals surface area contributed by atoms with Crippen LogP contribution in [0.25, 0.3) is 48.1 Å². The first kappa shape index (κ1) is 15.1. The molecule has 0 spiro atoms. The second kappa shape index (κ2) is 5.49. The third-order valence-electron chi connectivity index (χ3n) is 5.73. The van der Waals surface area contributed by atoms with E-state index < -0.39 is 7.53 Å². The highest BCUT2D eigenvalue weighted by molar-refractivity contribution is 7.68. The third-order valence-corrected chi connectivity index (χ3v) is 8.32. The van der Waals surface area contributed by atoms with Gasteiger partial charge in [-0.05, 0) is 28.2 Å². The van der Waals surface area contributed by atoms with Gasteiger partial charge in [0.15, 0.2) is 0 Å². The lowest BCUT2D eigenvalue weighted by Crippen LogP contribution is -1.85. The number of nitrogens with zero attached hydrogens (tertiary/aromatic N) is 1. The first-order chi connectivity index (χ1) is 13.3. The van der Waals surface area contributed by atoms with E-state index in [0.717, 1.165) is 0 Å². The van der Waals surface area contributed by atoms with Crippen LogP contribution in [0.2, 0.25) is 0 Å². The zero-order chi connectivity index (χ0) is 18.0. The minimum Gasteiger partial charge on any atom is -0.344 e. The molecule has 1 unspecified atom stereocenters. The molecule has 0 amide bonds. The molecule has 2 heteroatoms. The SMILES string of the molecule is Cn1c2ccccc2c2c1ccc1c3ccccc3p(-c3ccccc3)c12. The molecule has 27 heavy (non-hydrogen) atoms. The first-order valence-corrected chi connectivity index (χ1v) is 10.6. The van der Waals surface area contributed by atoms with E-state index in [4.69, 9.17) is 0 Å². The number of hydrogen-bond donors (Lipinski definition) is 0. The van der Waals surface area contributed by atoms with Crippen molar-refractivity contribution in [3.63, 3.8) is 0 Å². The normalized spacial score (nSPS) is 12.6. The Morgan fingerprint density at radius 3 is 2.15 bits per heavy atom. The molecule has 0 aliphatic rings. The van der Waals surface area contributed by atoms with Crippen LogP contribution in [0.4, 0.5) is 0 Å². The van der Waals surface area contributed by atoms with Crippen LogP contribution in [0.5, 0.6) is 0 Å². The molecule has 6 rings (SSSR count). The molecule has 2 aromatic heterocycles. The number of aryl methyl sites for hydroxylation is 1. The van der Waals surface area contributed by atoms with Gasteiger partial charge in [-0.1, -0.05) is 86.4 Å². The van der Waals surface area contributed by atoms with Gasteiger partial charge in [0.1, 0.15) is 0 Å². The molecular formula is C25H18NP.